The summed E-state index contributed by atoms with van der Waals surface area (Å²) in [6, 6.07) is 0. The Morgan fingerprint density at radius 1 is 0.860 bits per heavy atom. The minimum atomic E-state index is -1.27. The van der Waals surface area contributed by atoms with Crippen molar-refractivity contribution in [1.29, 1.82) is 0 Å². The van der Waals surface area contributed by atoms with Crippen molar-refractivity contribution in [3.63, 3.8) is 0 Å². The number of rotatable bonds is 10. The van der Waals surface area contributed by atoms with Crippen molar-refractivity contribution in [1.82, 2.24) is 0 Å². The van der Waals surface area contributed by atoms with E-state index in [0.29, 0.717) is 12.8 Å². The SMILES string of the molecule is CC(=O)OC1=CC[C@@]2(C)[C@@H](CC[C@@]3(C)[C@H]2[C@@H](OC(C)=O)CC2=C([C@H](C)C[C@H](OC(C)=O)[C@@H](OC(C)=O)C(C)(C)OC(C)=O)CC[C@@]23C)C1(C)C. The van der Waals surface area contributed by atoms with E-state index in [4.69, 9.17) is 23.7 Å². The van der Waals surface area contributed by atoms with E-state index < -0.39 is 35.7 Å². The Balaban J connectivity index is 1.78. The molecule has 0 aromatic rings. The van der Waals surface area contributed by atoms with Crippen LogP contribution in [0.3, 0.4) is 0 Å². The molecule has 0 aliphatic heterocycles. The molecule has 2 saturated carbocycles. The van der Waals surface area contributed by atoms with Crippen molar-refractivity contribution in [2.45, 2.75) is 159 Å². The molecular weight excluding hydrogens is 640 g/mol. The van der Waals surface area contributed by atoms with Gasteiger partial charge in [-0.25, -0.2) is 0 Å². The average Bonchev–Trinajstić information content (AvgIpc) is 3.29. The molecule has 4 aliphatic rings. The molecule has 4 rings (SSSR count). The van der Waals surface area contributed by atoms with Gasteiger partial charge in [-0.3, -0.25) is 24.0 Å². The predicted molar refractivity (Wildman–Crippen MR) is 186 cm³/mol. The Morgan fingerprint density at radius 3 is 2.02 bits per heavy atom. The maximum atomic E-state index is 12.8. The quantitative estimate of drug-likeness (QED) is 0.128. The van der Waals surface area contributed by atoms with Gasteiger partial charge in [-0.15, -0.1) is 0 Å². The van der Waals surface area contributed by atoms with Gasteiger partial charge >= 0.3 is 29.8 Å². The number of carbonyl (C=O) groups excluding carboxylic acids is 5. The standard InChI is InChI=1S/C40H60O10/c1-22(20-31(47-24(3)42)35(49-26(5)44)37(9,10)50-27(6)45)28-14-18-39(12)29(28)21-30(46-23(2)41)34-38(11)17-16-33(48-25(4)43)36(7,8)32(38)15-19-40(34,39)13/h16,22,30-32,34-35H,14-15,17-21H2,1-13H3/t22-,30+,31+,32+,34+,35-,38+,39+,40+/m1/s1. The molecule has 10 heteroatoms. The van der Waals surface area contributed by atoms with Crippen LogP contribution >= 0.6 is 0 Å². The molecule has 0 saturated heterocycles. The second-order valence-corrected chi connectivity index (χ2v) is 17.3. The molecule has 0 N–H and O–H groups in total. The van der Waals surface area contributed by atoms with Crippen LogP contribution in [-0.2, 0) is 47.7 Å². The van der Waals surface area contributed by atoms with E-state index in [2.05, 4.69) is 47.6 Å². The van der Waals surface area contributed by atoms with Crippen molar-refractivity contribution in [3.8, 4) is 0 Å². The predicted octanol–water partition coefficient (Wildman–Crippen LogP) is 7.57. The summed E-state index contributed by atoms with van der Waals surface area (Å²) in [6.45, 7) is 23.7. The van der Waals surface area contributed by atoms with Crippen LogP contribution in [0.4, 0.5) is 0 Å². The van der Waals surface area contributed by atoms with Gasteiger partial charge in [-0.1, -0.05) is 52.7 Å². The van der Waals surface area contributed by atoms with Crippen LogP contribution in [0.1, 0.15) is 135 Å². The van der Waals surface area contributed by atoms with Crippen LogP contribution in [0, 0.1) is 39.4 Å². The van der Waals surface area contributed by atoms with Crippen LogP contribution in [0.15, 0.2) is 23.0 Å². The second-order valence-electron chi connectivity index (χ2n) is 17.3. The van der Waals surface area contributed by atoms with Gasteiger partial charge in [0.2, 0.25) is 0 Å². The highest BCUT2D eigenvalue weighted by molar-refractivity contribution is 5.69. The minimum absolute atomic E-state index is 0.0575. The van der Waals surface area contributed by atoms with Gasteiger partial charge in [0.15, 0.2) is 6.10 Å². The number of esters is 5. The van der Waals surface area contributed by atoms with E-state index in [1.165, 1.54) is 45.8 Å². The first kappa shape index (κ1) is 39.6. The maximum absolute atomic E-state index is 12.8. The summed E-state index contributed by atoms with van der Waals surface area (Å²) in [5.74, 6) is -1.35. The molecule has 280 valence electrons. The Morgan fingerprint density at radius 2 is 1.48 bits per heavy atom. The van der Waals surface area contributed by atoms with Crippen LogP contribution in [-0.4, -0.2) is 53.8 Å². The highest BCUT2D eigenvalue weighted by atomic mass is 16.6. The van der Waals surface area contributed by atoms with E-state index in [1.807, 2.05) is 0 Å². The fourth-order valence-electron chi connectivity index (χ4n) is 11.3. The van der Waals surface area contributed by atoms with Crippen LogP contribution in [0.25, 0.3) is 0 Å². The first-order valence-electron chi connectivity index (χ1n) is 18.2. The van der Waals surface area contributed by atoms with Gasteiger partial charge in [0.05, 0.1) is 0 Å². The fraction of sp³-hybridized carbons (Fsp3) is 0.775. The second kappa shape index (κ2) is 13.8. The van der Waals surface area contributed by atoms with Crippen LogP contribution < -0.4 is 0 Å². The molecule has 0 radical (unpaired) electrons. The Bertz CT molecular complexity index is 1470. The molecule has 0 bridgehead atoms. The summed E-state index contributed by atoms with van der Waals surface area (Å²) in [5, 5.41) is 0. The monoisotopic (exact) mass is 700 g/mol. The smallest absolute Gasteiger partial charge is 0.307 e. The molecule has 0 amide bonds. The first-order valence-corrected chi connectivity index (χ1v) is 18.2. The van der Waals surface area contributed by atoms with Crippen molar-refractivity contribution in [2.75, 3.05) is 0 Å². The molecular formula is C40H60O10. The summed E-state index contributed by atoms with van der Waals surface area (Å²) >= 11 is 0. The number of ether oxygens (including phenoxy) is 5. The number of hydrogen-bond donors (Lipinski definition) is 0. The van der Waals surface area contributed by atoms with Crippen molar-refractivity contribution in [3.05, 3.63) is 23.0 Å². The molecule has 0 unspecified atom stereocenters. The molecule has 0 heterocycles. The highest BCUT2D eigenvalue weighted by Crippen LogP contribution is 2.75. The van der Waals surface area contributed by atoms with Crippen LogP contribution in [0.5, 0.6) is 0 Å². The number of allylic oxidation sites excluding steroid dienone is 3. The normalized spacial score (nSPS) is 33.3. The van der Waals surface area contributed by atoms with Crippen molar-refractivity contribution < 1.29 is 47.7 Å². The van der Waals surface area contributed by atoms with Crippen LogP contribution in [0.2, 0.25) is 0 Å². The largest absolute Gasteiger partial charge is 0.462 e. The zero-order valence-corrected chi connectivity index (χ0v) is 32.6. The van der Waals surface area contributed by atoms with Gasteiger partial charge < -0.3 is 23.7 Å². The Kier molecular flexibility index (Phi) is 10.9. The lowest BCUT2D eigenvalue weighted by Crippen LogP contribution is -2.65. The molecule has 9 atom stereocenters. The zero-order chi connectivity index (χ0) is 37.8. The lowest BCUT2D eigenvalue weighted by atomic mass is 9.36. The summed E-state index contributed by atoms with van der Waals surface area (Å²) in [7, 11) is 0. The molecule has 0 spiro atoms. The molecule has 10 nitrogen and oxygen atoms in total. The van der Waals surface area contributed by atoms with E-state index >= 15 is 0 Å². The molecule has 2 fully saturated rings. The first-order chi connectivity index (χ1) is 22.9. The van der Waals surface area contributed by atoms with Gasteiger partial charge in [0.1, 0.15) is 23.6 Å². The number of fused-ring (bicyclic) bond motifs is 5. The molecule has 4 aliphatic carbocycles. The lowest BCUT2D eigenvalue weighted by Gasteiger charge is -2.68. The Hall–Kier alpha value is -3.17. The third kappa shape index (κ3) is 7.01. The van der Waals surface area contributed by atoms with Gasteiger partial charge in [-0.05, 0) is 86.5 Å². The van der Waals surface area contributed by atoms with Crippen molar-refractivity contribution >= 4 is 29.8 Å². The average molecular weight is 701 g/mol. The minimum Gasteiger partial charge on any atom is -0.462 e. The van der Waals surface area contributed by atoms with E-state index in [1.54, 1.807) is 13.8 Å². The third-order valence-corrected chi connectivity index (χ3v) is 13.2. The fourth-order valence-corrected chi connectivity index (χ4v) is 11.3. The number of hydrogen-bond acceptors (Lipinski definition) is 10. The van der Waals surface area contributed by atoms with Gasteiger partial charge in [-0.2, -0.15) is 0 Å². The molecule has 50 heavy (non-hydrogen) atoms. The van der Waals surface area contributed by atoms with E-state index in [-0.39, 0.29) is 57.5 Å². The lowest BCUT2D eigenvalue weighted by molar-refractivity contribution is -0.211. The third-order valence-electron chi connectivity index (χ3n) is 13.2. The summed E-state index contributed by atoms with van der Waals surface area (Å²) in [4.78, 5) is 61.6. The Labute approximate surface area is 298 Å². The maximum Gasteiger partial charge on any atom is 0.307 e. The van der Waals surface area contributed by atoms with Gasteiger partial charge in [0, 0.05) is 52.4 Å². The summed E-state index contributed by atoms with van der Waals surface area (Å²) in [6.07, 6.45) is 5.13. The number of carbonyl (C=O) groups is 5. The molecule has 0 aromatic carbocycles. The van der Waals surface area contributed by atoms with Crippen molar-refractivity contribution in [2.24, 2.45) is 39.4 Å². The summed E-state index contributed by atoms with van der Waals surface area (Å²) < 4.78 is 29.2. The van der Waals surface area contributed by atoms with E-state index in [0.717, 1.165) is 37.9 Å². The topological polar surface area (TPSA) is 132 Å². The molecule has 0 aromatic heterocycles. The van der Waals surface area contributed by atoms with E-state index in [9.17, 15) is 24.0 Å². The summed E-state index contributed by atoms with van der Waals surface area (Å²) in [5.41, 5.74) is 0.300. The zero-order valence-electron chi connectivity index (χ0n) is 32.6. The van der Waals surface area contributed by atoms with Gasteiger partial charge in [0.25, 0.3) is 0 Å². The highest BCUT2D eigenvalue weighted by Gasteiger charge is 2.69.